The van der Waals surface area contributed by atoms with Crippen LogP contribution in [0, 0.1) is 6.92 Å². The minimum absolute atomic E-state index is 0.0825. The lowest BCUT2D eigenvalue weighted by Gasteiger charge is -2.26. The van der Waals surface area contributed by atoms with E-state index in [-0.39, 0.29) is 37.0 Å². The summed E-state index contributed by atoms with van der Waals surface area (Å²) in [5, 5.41) is 0. The van der Waals surface area contributed by atoms with E-state index in [0.29, 0.717) is 11.1 Å². The predicted molar refractivity (Wildman–Crippen MR) is 122 cm³/mol. The van der Waals surface area contributed by atoms with Gasteiger partial charge >= 0.3 is 6.09 Å². The zero-order chi connectivity index (χ0) is 24.7. The van der Waals surface area contributed by atoms with Crippen molar-refractivity contribution in [2.45, 2.75) is 25.3 Å². The summed E-state index contributed by atoms with van der Waals surface area (Å²) in [5.41, 5.74) is 5.56. The van der Waals surface area contributed by atoms with Crippen LogP contribution in [0.25, 0.3) is 11.1 Å². The van der Waals surface area contributed by atoms with E-state index in [2.05, 4.69) is 24.3 Å². The molecule has 1 aliphatic heterocycles. The Kier molecular flexibility index (Phi) is 4.33. The first-order chi connectivity index (χ1) is 16.7. The topological polar surface area (TPSA) is 55.8 Å². The molecule has 3 aromatic carbocycles. The zero-order valence-corrected chi connectivity index (χ0v) is 17.7. The maximum absolute atomic E-state index is 13.2. The molecular formula is C27H25NO4. The van der Waals surface area contributed by atoms with Crippen LogP contribution in [0.15, 0.2) is 66.7 Å². The highest BCUT2D eigenvalue weighted by molar-refractivity contribution is 5.92. The first-order valence-electron chi connectivity index (χ1n) is 12.2. The summed E-state index contributed by atoms with van der Waals surface area (Å²) in [6.07, 6.45) is -0.359. The number of nitrogens with zero attached hydrogens (tertiary/aromatic N) is 1. The number of ether oxygens (including phenoxy) is 2. The van der Waals surface area contributed by atoms with Crippen molar-refractivity contribution < 1.29 is 23.2 Å². The lowest BCUT2D eigenvalue weighted by atomic mass is 9.97. The van der Waals surface area contributed by atoms with E-state index >= 15 is 0 Å². The molecule has 1 atom stereocenters. The summed E-state index contributed by atoms with van der Waals surface area (Å²) in [6.45, 7) is 2.09. The molecule has 0 bridgehead atoms. The minimum Gasteiger partial charge on any atom is -0.496 e. The second-order valence-corrected chi connectivity index (χ2v) is 8.19. The van der Waals surface area contributed by atoms with Gasteiger partial charge in [-0.15, -0.1) is 0 Å². The van der Waals surface area contributed by atoms with Crippen molar-refractivity contribution in [2.75, 3.05) is 20.2 Å². The van der Waals surface area contributed by atoms with Gasteiger partial charge in [-0.05, 0) is 46.4 Å². The molecule has 1 heterocycles. The second-order valence-electron chi connectivity index (χ2n) is 8.19. The molecule has 0 radical (unpaired) electrons. The molecule has 1 fully saturated rings. The Bertz CT molecular complexity index is 1260. The van der Waals surface area contributed by atoms with Crippen LogP contribution in [0.2, 0.25) is 0 Å². The van der Waals surface area contributed by atoms with Crippen LogP contribution in [0.5, 0.6) is 5.75 Å². The average Bonchev–Trinajstić information content (AvgIpc) is 3.36. The number of hydrogen-bond donors (Lipinski definition) is 0. The standard InChI is InChI=1S/C27H25NO4/c1-17-18(12-7-13-25(17)31-2)26-24(29)14-15-28(26)27(30)32-16-23-21-10-5-3-8-19(21)20-9-4-6-11-22(20)23/h3-13,23,26H,14-16H2,1-2H3/t26-/m1/s1/i2D3. The third kappa shape index (κ3) is 3.25. The molecule has 162 valence electrons. The van der Waals surface area contributed by atoms with Crippen LogP contribution in [-0.4, -0.2) is 37.0 Å². The lowest BCUT2D eigenvalue weighted by molar-refractivity contribution is -0.119. The van der Waals surface area contributed by atoms with E-state index in [1.165, 1.54) is 4.90 Å². The van der Waals surface area contributed by atoms with Crippen LogP contribution in [0.4, 0.5) is 4.79 Å². The summed E-state index contributed by atoms with van der Waals surface area (Å²) in [4.78, 5) is 27.5. The molecule has 1 aliphatic carbocycles. The van der Waals surface area contributed by atoms with Crippen molar-refractivity contribution in [1.82, 2.24) is 4.90 Å². The van der Waals surface area contributed by atoms with E-state index in [1.807, 2.05) is 24.3 Å². The number of hydrogen-bond acceptors (Lipinski definition) is 4. The van der Waals surface area contributed by atoms with Crippen LogP contribution >= 0.6 is 0 Å². The molecule has 5 nitrogen and oxygen atoms in total. The van der Waals surface area contributed by atoms with Gasteiger partial charge in [0.1, 0.15) is 18.4 Å². The summed E-state index contributed by atoms with van der Waals surface area (Å²) in [6, 6.07) is 20.2. The molecule has 0 spiro atoms. The van der Waals surface area contributed by atoms with Gasteiger partial charge in [0, 0.05) is 18.9 Å². The van der Waals surface area contributed by atoms with Gasteiger partial charge in [0.25, 0.3) is 0 Å². The third-order valence-corrected chi connectivity index (χ3v) is 6.52. The van der Waals surface area contributed by atoms with Crippen LogP contribution < -0.4 is 4.74 Å². The fourth-order valence-corrected chi connectivity index (χ4v) is 4.92. The molecule has 3 aromatic rings. The van der Waals surface area contributed by atoms with Crippen molar-refractivity contribution >= 4 is 11.9 Å². The number of benzene rings is 3. The highest BCUT2D eigenvalue weighted by Crippen LogP contribution is 2.44. The largest absolute Gasteiger partial charge is 0.496 e. The number of carbonyl (C=O) groups is 2. The Morgan fingerprint density at radius 2 is 1.66 bits per heavy atom. The smallest absolute Gasteiger partial charge is 0.410 e. The third-order valence-electron chi connectivity index (χ3n) is 6.52. The number of rotatable bonds is 4. The van der Waals surface area contributed by atoms with Crippen LogP contribution in [-0.2, 0) is 9.53 Å². The van der Waals surface area contributed by atoms with Gasteiger partial charge in [-0.3, -0.25) is 9.69 Å². The fraction of sp³-hybridized carbons (Fsp3) is 0.259. The number of carbonyl (C=O) groups excluding carboxylic acids is 2. The molecule has 0 N–H and O–H groups in total. The van der Waals surface area contributed by atoms with Crippen molar-refractivity contribution in [3.05, 3.63) is 89.0 Å². The molecule has 2 aliphatic rings. The molecule has 0 unspecified atom stereocenters. The molecule has 0 saturated carbocycles. The van der Waals surface area contributed by atoms with Crippen molar-refractivity contribution in [2.24, 2.45) is 0 Å². The highest BCUT2D eigenvalue weighted by Gasteiger charge is 2.39. The SMILES string of the molecule is [2H]C([2H])([2H])Oc1cccc([C@@H]2C(=O)CCN2C(=O)OCC2c3ccccc3-c3ccccc32)c1C. The van der Waals surface area contributed by atoms with Crippen molar-refractivity contribution in [3.63, 3.8) is 0 Å². The first-order valence-corrected chi connectivity index (χ1v) is 10.7. The fourth-order valence-electron chi connectivity index (χ4n) is 4.92. The van der Waals surface area contributed by atoms with E-state index in [0.717, 1.165) is 22.3 Å². The van der Waals surface area contributed by atoms with Gasteiger partial charge in [-0.1, -0.05) is 60.7 Å². The normalized spacial score (nSPS) is 19.0. The maximum atomic E-state index is 13.2. The number of fused-ring (bicyclic) bond motifs is 3. The van der Waals surface area contributed by atoms with Gasteiger partial charge in [-0.25, -0.2) is 4.79 Å². The minimum atomic E-state index is -2.62. The summed E-state index contributed by atoms with van der Waals surface area (Å²) in [5.74, 6) is -0.0387. The molecular weight excluding hydrogens is 402 g/mol. The zero-order valence-electron chi connectivity index (χ0n) is 20.7. The van der Waals surface area contributed by atoms with Crippen LogP contribution in [0.1, 0.15) is 44.7 Å². The van der Waals surface area contributed by atoms with E-state index in [4.69, 9.17) is 13.6 Å². The number of Topliss-reactive ketones (excluding diaryl/α,β-unsaturated/α-hetero) is 1. The number of methoxy groups -OCH3 is 1. The van der Waals surface area contributed by atoms with E-state index in [9.17, 15) is 9.59 Å². The van der Waals surface area contributed by atoms with Gasteiger partial charge < -0.3 is 9.47 Å². The molecule has 32 heavy (non-hydrogen) atoms. The Balaban J connectivity index is 1.37. The van der Waals surface area contributed by atoms with Crippen LogP contribution in [0.3, 0.4) is 0 Å². The Morgan fingerprint density at radius 3 is 2.34 bits per heavy atom. The number of likely N-dealkylation sites (tertiary alicyclic amines) is 1. The second kappa shape index (κ2) is 8.15. The Hall–Kier alpha value is -3.60. The van der Waals surface area contributed by atoms with Gasteiger partial charge in [-0.2, -0.15) is 0 Å². The molecule has 5 rings (SSSR count). The maximum Gasteiger partial charge on any atom is 0.410 e. The molecule has 1 saturated heterocycles. The van der Waals surface area contributed by atoms with Crippen molar-refractivity contribution in [1.29, 1.82) is 0 Å². The number of amides is 1. The lowest BCUT2D eigenvalue weighted by Crippen LogP contribution is -2.34. The first kappa shape index (κ1) is 17.0. The van der Waals surface area contributed by atoms with Crippen molar-refractivity contribution in [3.8, 4) is 16.9 Å². The number of ketones is 1. The van der Waals surface area contributed by atoms with Gasteiger partial charge in [0.05, 0.1) is 11.2 Å². The predicted octanol–water partition coefficient (Wildman–Crippen LogP) is 5.27. The molecule has 5 heteroatoms. The highest BCUT2D eigenvalue weighted by atomic mass is 16.6. The monoisotopic (exact) mass is 430 g/mol. The van der Waals surface area contributed by atoms with Gasteiger partial charge in [0.15, 0.2) is 5.78 Å². The quantitative estimate of drug-likeness (QED) is 0.566. The average molecular weight is 431 g/mol. The van der Waals surface area contributed by atoms with Gasteiger partial charge in [0.2, 0.25) is 0 Å². The molecule has 1 amide bonds. The van der Waals surface area contributed by atoms with E-state index in [1.54, 1.807) is 25.1 Å². The summed E-state index contributed by atoms with van der Waals surface area (Å²) >= 11 is 0. The molecule has 0 aromatic heterocycles. The Morgan fingerprint density at radius 1 is 1.00 bits per heavy atom. The summed E-state index contributed by atoms with van der Waals surface area (Å²) in [7, 11) is -2.62. The Labute approximate surface area is 191 Å². The summed E-state index contributed by atoms with van der Waals surface area (Å²) < 4.78 is 33.1. The van der Waals surface area contributed by atoms with E-state index < -0.39 is 19.2 Å².